The summed E-state index contributed by atoms with van der Waals surface area (Å²) in [6.07, 6.45) is 2.61. The Morgan fingerprint density at radius 3 is 2.70 bits per heavy atom. The summed E-state index contributed by atoms with van der Waals surface area (Å²) in [4.78, 5) is 6.03. The van der Waals surface area contributed by atoms with Crippen molar-refractivity contribution >= 4 is 0 Å². The van der Waals surface area contributed by atoms with Crippen molar-refractivity contribution < 1.29 is 9.13 Å². The maximum Gasteiger partial charge on any atom is 0.250 e. The zero-order valence-electron chi connectivity index (χ0n) is 13.2. The number of rotatable bonds is 8. The van der Waals surface area contributed by atoms with Gasteiger partial charge in [-0.3, -0.25) is 0 Å². The van der Waals surface area contributed by atoms with Gasteiger partial charge in [-0.2, -0.15) is 0 Å². The third-order valence-corrected chi connectivity index (χ3v) is 3.45. The van der Waals surface area contributed by atoms with Crippen LogP contribution in [0.25, 0.3) is 0 Å². The van der Waals surface area contributed by atoms with Crippen LogP contribution in [0.2, 0.25) is 0 Å². The van der Waals surface area contributed by atoms with Crippen molar-refractivity contribution in [3.63, 3.8) is 0 Å². The molecule has 0 aliphatic rings. The van der Waals surface area contributed by atoms with E-state index in [-0.39, 0.29) is 17.2 Å². The summed E-state index contributed by atoms with van der Waals surface area (Å²) in [5.41, 5.74) is 0.413. The van der Waals surface area contributed by atoms with Crippen LogP contribution in [0.15, 0.2) is 12.3 Å². The largest absolute Gasteiger partial charge is 0.474 e. The fourth-order valence-electron chi connectivity index (χ4n) is 1.47. The fourth-order valence-corrected chi connectivity index (χ4v) is 1.47. The predicted octanol–water partition coefficient (Wildman–Crippen LogP) is 2.44. The zero-order chi connectivity index (χ0) is 15.2. The Kier molecular flexibility index (Phi) is 6.36. The minimum atomic E-state index is -0.370. The minimum absolute atomic E-state index is 0.0794. The number of hydrogen-bond acceptors (Lipinski definition) is 4. The maximum atomic E-state index is 14.2. The van der Waals surface area contributed by atoms with Crippen LogP contribution in [-0.4, -0.2) is 42.7 Å². The van der Waals surface area contributed by atoms with Crippen molar-refractivity contribution in [1.82, 2.24) is 15.2 Å². The number of aromatic nitrogens is 1. The second-order valence-electron chi connectivity index (χ2n) is 5.76. The molecule has 20 heavy (non-hydrogen) atoms. The van der Waals surface area contributed by atoms with Gasteiger partial charge in [0.25, 0.3) is 5.88 Å². The molecule has 0 bridgehead atoms. The highest BCUT2D eigenvalue weighted by Gasteiger charge is 2.22. The number of ether oxygens (including phenoxy) is 1. The molecule has 1 aromatic heterocycles. The molecule has 114 valence electrons. The molecule has 4 nitrogen and oxygen atoms in total. The summed E-state index contributed by atoms with van der Waals surface area (Å²) < 4.78 is 19.8. The SMILES string of the molecule is CCCNCc1ccnc(OCC(C)(C)N(C)C)c1F. The van der Waals surface area contributed by atoms with Crippen molar-refractivity contribution in [2.75, 3.05) is 27.2 Å². The normalized spacial score (nSPS) is 11.9. The smallest absolute Gasteiger partial charge is 0.250 e. The van der Waals surface area contributed by atoms with Crippen LogP contribution in [-0.2, 0) is 6.54 Å². The molecule has 0 spiro atoms. The molecule has 5 heteroatoms. The molecule has 1 N–H and O–H groups in total. The molecule has 1 aromatic rings. The van der Waals surface area contributed by atoms with E-state index < -0.39 is 0 Å². The highest BCUT2D eigenvalue weighted by atomic mass is 19.1. The predicted molar refractivity (Wildman–Crippen MR) is 79.5 cm³/mol. The van der Waals surface area contributed by atoms with Crippen LogP contribution in [0.5, 0.6) is 5.88 Å². The van der Waals surface area contributed by atoms with E-state index in [2.05, 4.69) is 17.2 Å². The molecule has 0 amide bonds. The summed E-state index contributed by atoms with van der Waals surface area (Å²) in [5, 5.41) is 3.18. The quantitative estimate of drug-likeness (QED) is 0.744. The van der Waals surface area contributed by atoms with Gasteiger partial charge in [-0.25, -0.2) is 9.37 Å². The Balaban J connectivity index is 2.69. The fraction of sp³-hybridized carbons (Fsp3) is 0.667. The number of hydrogen-bond donors (Lipinski definition) is 1. The third-order valence-electron chi connectivity index (χ3n) is 3.45. The van der Waals surface area contributed by atoms with E-state index in [0.29, 0.717) is 18.7 Å². The number of nitrogens with one attached hydrogen (secondary N) is 1. The second-order valence-corrected chi connectivity index (χ2v) is 5.76. The van der Waals surface area contributed by atoms with Gasteiger partial charge in [-0.05, 0) is 47.0 Å². The Morgan fingerprint density at radius 1 is 1.40 bits per heavy atom. The molecule has 0 aliphatic carbocycles. The lowest BCUT2D eigenvalue weighted by Gasteiger charge is -2.31. The van der Waals surface area contributed by atoms with E-state index in [0.717, 1.165) is 13.0 Å². The minimum Gasteiger partial charge on any atom is -0.474 e. The van der Waals surface area contributed by atoms with E-state index in [1.54, 1.807) is 12.3 Å². The average Bonchev–Trinajstić information content (AvgIpc) is 2.39. The Morgan fingerprint density at radius 2 is 2.10 bits per heavy atom. The van der Waals surface area contributed by atoms with Crippen LogP contribution >= 0.6 is 0 Å². The number of pyridine rings is 1. The lowest BCUT2D eigenvalue weighted by Crippen LogP contribution is -2.43. The number of likely N-dealkylation sites (N-methyl/N-ethyl adjacent to an activating group) is 1. The van der Waals surface area contributed by atoms with Gasteiger partial charge >= 0.3 is 0 Å². The molecule has 0 unspecified atom stereocenters. The first-order valence-corrected chi connectivity index (χ1v) is 7.02. The van der Waals surface area contributed by atoms with E-state index in [1.807, 2.05) is 32.8 Å². The first-order chi connectivity index (χ1) is 9.38. The van der Waals surface area contributed by atoms with Crippen LogP contribution in [0.3, 0.4) is 0 Å². The lowest BCUT2D eigenvalue weighted by molar-refractivity contribution is 0.108. The molecular weight excluding hydrogens is 257 g/mol. The van der Waals surface area contributed by atoms with Crippen LogP contribution < -0.4 is 10.1 Å². The maximum absolute atomic E-state index is 14.2. The van der Waals surface area contributed by atoms with Crippen LogP contribution in [0.4, 0.5) is 4.39 Å². The van der Waals surface area contributed by atoms with Crippen molar-refractivity contribution in [3.05, 3.63) is 23.6 Å². The topological polar surface area (TPSA) is 37.4 Å². The van der Waals surface area contributed by atoms with Gasteiger partial charge in [0.2, 0.25) is 0 Å². The molecule has 0 aliphatic heterocycles. The Labute approximate surface area is 121 Å². The summed E-state index contributed by atoms with van der Waals surface area (Å²) in [5.74, 6) is -0.290. The highest BCUT2D eigenvalue weighted by molar-refractivity contribution is 5.23. The van der Waals surface area contributed by atoms with E-state index in [1.165, 1.54) is 0 Å². The summed E-state index contributed by atoms with van der Waals surface area (Å²) in [6, 6.07) is 1.68. The van der Waals surface area contributed by atoms with E-state index in [9.17, 15) is 4.39 Å². The van der Waals surface area contributed by atoms with Gasteiger partial charge in [-0.1, -0.05) is 6.92 Å². The van der Waals surface area contributed by atoms with Crippen molar-refractivity contribution in [2.24, 2.45) is 0 Å². The van der Waals surface area contributed by atoms with Gasteiger partial charge in [-0.15, -0.1) is 0 Å². The molecule has 0 radical (unpaired) electrons. The van der Waals surface area contributed by atoms with Crippen molar-refractivity contribution in [2.45, 2.75) is 39.3 Å². The molecule has 1 rings (SSSR count). The van der Waals surface area contributed by atoms with Gasteiger partial charge in [0, 0.05) is 23.8 Å². The van der Waals surface area contributed by atoms with Crippen LogP contribution in [0, 0.1) is 5.82 Å². The number of halogens is 1. The van der Waals surface area contributed by atoms with Crippen LogP contribution in [0.1, 0.15) is 32.8 Å². The lowest BCUT2D eigenvalue weighted by atomic mass is 10.1. The van der Waals surface area contributed by atoms with Gasteiger partial charge < -0.3 is 15.0 Å². The summed E-state index contributed by atoms with van der Waals surface area (Å²) in [7, 11) is 3.94. The molecular formula is C15H26FN3O. The molecule has 0 atom stereocenters. The molecule has 0 saturated heterocycles. The van der Waals surface area contributed by atoms with Gasteiger partial charge in [0.1, 0.15) is 6.61 Å². The van der Waals surface area contributed by atoms with E-state index >= 15 is 0 Å². The van der Waals surface area contributed by atoms with E-state index in [4.69, 9.17) is 4.74 Å². The molecule has 0 aromatic carbocycles. The van der Waals surface area contributed by atoms with Crippen molar-refractivity contribution in [3.8, 4) is 5.88 Å². The third kappa shape index (κ3) is 4.72. The number of nitrogens with zero attached hydrogens (tertiary/aromatic N) is 2. The standard InChI is InChI=1S/C15H26FN3O/c1-6-8-17-10-12-7-9-18-14(13(12)16)20-11-15(2,3)19(4)5/h7,9,17H,6,8,10-11H2,1-5H3. The highest BCUT2D eigenvalue weighted by Crippen LogP contribution is 2.19. The van der Waals surface area contributed by atoms with Gasteiger partial charge in [0.15, 0.2) is 5.82 Å². The molecule has 0 fully saturated rings. The van der Waals surface area contributed by atoms with Gasteiger partial charge in [0.05, 0.1) is 0 Å². The Hall–Kier alpha value is -1.20. The monoisotopic (exact) mass is 283 g/mol. The average molecular weight is 283 g/mol. The zero-order valence-corrected chi connectivity index (χ0v) is 13.2. The molecule has 1 heterocycles. The first kappa shape index (κ1) is 16.9. The summed E-state index contributed by atoms with van der Waals surface area (Å²) >= 11 is 0. The Bertz CT molecular complexity index is 422. The molecule has 0 saturated carbocycles. The van der Waals surface area contributed by atoms with Crippen molar-refractivity contribution in [1.29, 1.82) is 0 Å². The second kappa shape index (κ2) is 7.55. The summed E-state index contributed by atoms with van der Waals surface area (Å²) in [6.45, 7) is 7.90. The first-order valence-electron chi connectivity index (χ1n) is 7.02.